The molecule has 0 aliphatic carbocycles. The first-order valence-corrected chi connectivity index (χ1v) is 7.73. The van der Waals surface area contributed by atoms with Gasteiger partial charge in [0, 0.05) is 5.56 Å². The van der Waals surface area contributed by atoms with Gasteiger partial charge in [0.25, 0.3) is 0 Å². The molecule has 2 nitrogen and oxygen atoms in total. The van der Waals surface area contributed by atoms with E-state index in [1.165, 1.54) is 6.07 Å². The molecule has 0 radical (unpaired) electrons. The van der Waals surface area contributed by atoms with E-state index in [0.29, 0.717) is 4.47 Å². The highest BCUT2D eigenvalue weighted by molar-refractivity contribution is 9.10. The lowest BCUT2D eigenvalue weighted by atomic mass is 10.1. The minimum Gasteiger partial charge on any atom is -0.459 e. The number of nitrogens with one attached hydrogen (secondary N) is 1. The molecule has 0 aliphatic heterocycles. The lowest BCUT2D eigenvalue weighted by Crippen LogP contribution is -2.20. The summed E-state index contributed by atoms with van der Waals surface area (Å²) in [5.74, 6) is 1.42. The van der Waals surface area contributed by atoms with Gasteiger partial charge in [-0.3, -0.25) is 0 Å². The summed E-state index contributed by atoms with van der Waals surface area (Å²) in [4.78, 5) is 0. The Morgan fingerprint density at radius 2 is 2.05 bits per heavy atom. The summed E-state index contributed by atoms with van der Waals surface area (Å²) in [6.45, 7) is 5.24. The van der Waals surface area contributed by atoms with Crippen LogP contribution < -0.4 is 5.32 Å². The fraction of sp³-hybridized carbons (Fsp3) is 0.375. The molecule has 4 heteroatoms. The van der Waals surface area contributed by atoms with Gasteiger partial charge < -0.3 is 9.73 Å². The molecule has 1 aromatic carbocycles. The molecule has 1 N–H and O–H groups in total. The molecular formula is C16H19BrFNO. The Balaban J connectivity index is 2.20. The van der Waals surface area contributed by atoms with E-state index in [9.17, 15) is 4.39 Å². The van der Waals surface area contributed by atoms with Crippen LogP contribution in [0.4, 0.5) is 4.39 Å². The minimum absolute atomic E-state index is 0.229. The molecule has 1 aromatic heterocycles. The normalized spacial score (nSPS) is 12.6. The summed E-state index contributed by atoms with van der Waals surface area (Å²) in [6, 6.07) is 9.05. The quantitative estimate of drug-likeness (QED) is 0.772. The second-order valence-corrected chi connectivity index (χ2v) is 5.60. The van der Waals surface area contributed by atoms with Gasteiger partial charge >= 0.3 is 0 Å². The third-order valence-corrected chi connectivity index (χ3v) is 3.83. The summed E-state index contributed by atoms with van der Waals surface area (Å²) in [5.41, 5.74) is 0.870. The predicted octanol–water partition coefficient (Wildman–Crippen LogP) is 5.30. The van der Waals surface area contributed by atoms with Gasteiger partial charge in [0.05, 0.1) is 10.5 Å². The predicted molar refractivity (Wildman–Crippen MR) is 83.1 cm³/mol. The Kier molecular flexibility index (Phi) is 5.38. The molecule has 0 aliphatic rings. The Labute approximate surface area is 127 Å². The molecule has 108 valence electrons. The monoisotopic (exact) mass is 339 g/mol. The van der Waals surface area contributed by atoms with E-state index in [2.05, 4.69) is 35.1 Å². The minimum atomic E-state index is -0.267. The second kappa shape index (κ2) is 7.04. The van der Waals surface area contributed by atoms with Gasteiger partial charge in [-0.25, -0.2) is 4.39 Å². The van der Waals surface area contributed by atoms with Crippen molar-refractivity contribution in [3.8, 4) is 11.3 Å². The van der Waals surface area contributed by atoms with Crippen molar-refractivity contribution in [2.45, 2.75) is 32.7 Å². The van der Waals surface area contributed by atoms with Crippen LogP contribution in [0, 0.1) is 5.82 Å². The van der Waals surface area contributed by atoms with Gasteiger partial charge in [-0.2, -0.15) is 0 Å². The standard InChI is InChI=1S/C16H19BrFNO/c1-3-9-19-14(4-2)16-8-7-15(20-16)11-5-6-13(18)12(17)10-11/h5-8,10,14,19H,3-4,9H2,1-2H3. The maximum atomic E-state index is 13.3. The van der Waals surface area contributed by atoms with Crippen molar-refractivity contribution >= 4 is 15.9 Å². The van der Waals surface area contributed by atoms with Crippen molar-refractivity contribution in [3.63, 3.8) is 0 Å². The average Bonchev–Trinajstić information content (AvgIpc) is 2.92. The Bertz CT molecular complexity index is 567. The highest BCUT2D eigenvalue weighted by Gasteiger charge is 2.14. The molecule has 0 spiro atoms. The second-order valence-electron chi connectivity index (χ2n) is 4.75. The van der Waals surface area contributed by atoms with Crippen LogP contribution in [0.15, 0.2) is 39.2 Å². The average molecular weight is 340 g/mol. The first kappa shape index (κ1) is 15.3. The van der Waals surface area contributed by atoms with Crippen LogP contribution in [-0.4, -0.2) is 6.54 Å². The smallest absolute Gasteiger partial charge is 0.137 e. The van der Waals surface area contributed by atoms with E-state index < -0.39 is 0 Å². The van der Waals surface area contributed by atoms with Gasteiger partial charge in [0.15, 0.2) is 0 Å². The van der Waals surface area contributed by atoms with Gasteiger partial charge in [-0.05, 0) is 65.6 Å². The van der Waals surface area contributed by atoms with E-state index in [0.717, 1.165) is 36.5 Å². The largest absolute Gasteiger partial charge is 0.459 e. The lowest BCUT2D eigenvalue weighted by molar-refractivity contribution is 0.411. The highest BCUT2D eigenvalue weighted by Crippen LogP contribution is 2.29. The first-order valence-electron chi connectivity index (χ1n) is 6.94. The number of hydrogen-bond acceptors (Lipinski definition) is 2. The molecule has 1 heterocycles. The van der Waals surface area contributed by atoms with Crippen LogP contribution in [0.25, 0.3) is 11.3 Å². The van der Waals surface area contributed by atoms with Crippen LogP contribution in [0.3, 0.4) is 0 Å². The molecule has 0 amide bonds. The zero-order valence-corrected chi connectivity index (χ0v) is 13.3. The number of halogens is 2. The molecule has 0 saturated carbocycles. The van der Waals surface area contributed by atoms with E-state index in [1.807, 2.05) is 12.1 Å². The first-order chi connectivity index (χ1) is 9.65. The summed E-state index contributed by atoms with van der Waals surface area (Å²) < 4.78 is 19.6. The van der Waals surface area contributed by atoms with Crippen molar-refractivity contribution in [1.29, 1.82) is 0 Å². The topological polar surface area (TPSA) is 25.2 Å². The zero-order chi connectivity index (χ0) is 14.5. The summed E-state index contributed by atoms with van der Waals surface area (Å²) in [7, 11) is 0. The van der Waals surface area contributed by atoms with Crippen molar-refractivity contribution in [1.82, 2.24) is 5.32 Å². The molecule has 1 atom stereocenters. The molecule has 2 rings (SSSR count). The molecule has 20 heavy (non-hydrogen) atoms. The van der Waals surface area contributed by atoms with Crippen molar-refractivity contribution in [3.05, 3.63) is 46.4 Å². The van der Waals surface area contributed by atoms with Gasteiger partial charge in [-0.15, -0.1) is 0 Å². The number of benzene rings is 1. The summed E-state index contributed by atoms with van der Waals surface area (Å²) in [6.07, 6.45) is 2.06. The Morgan fingerprint density at radius 1 is 1.25 bits per heavy atom. The third kappa shape index (κ3) is 3.49. The Hall–Kier alpha value is -1.13. The van der Waals surface area contributed by atoms with Crippen LogP contribution in [0.1, 0.15) is 38.5 Å². The lowest BCUT2D eigenvalue weighted by Gasteiger charge is -2.13. The zero-order valence-electron chi connectivity index (χ0n) is 11.7. The van der Waals surface area contributed by atoms with Crippen LogP contribution in [0.5, 0.6) is 0 Å². The molecule has 0 bridgehead atoms. The molecule has 1 unspecified atom stereocenters. The van der Waals surface area contributed by atoms with E-state index >= 15 is 0 Å². The third-order valence-electron chi connectivity index (χ3n) is 3.22. The Morgan fingerprint density at radius 3 is 2.70 bits per heavy atom. The molecule has 2 aromatic rings. The van der Waals surface area contributed by atoms with Crippen LogP contribution in [0.2, 0.25) is 0 Å². The SMILES string of the molecule is CCCNC(CC)c1ccc(-c2ccc(F)c(Br)c2)o1. The number of hydrogen-bond donors (Lipinski definition) is 1. The molecule has 0 saturated heterocycles. The number of furan rings is 1. The number of rotatable bonds is 6. The van der Waals surface area contributed by atoms with Gasteiger partial charge in [0.1, 0.15) is 17.3 Å². The van der Waals surface area contributed by atoms with Crippen molar-refractivity contribution < 1.29 is 8.81 Å². The van der Waals surface area contributed by atoms with Crippen LogP contribution >= 0.6 is 15.9 Å². The fourth-order valence-corrected chi connectivity index (χ4v) is 2.49. The van der Waals surface area contributed by atoms with Gasteiger partial charge in [0.2, 0.25) is 0 Å². The molecule has 0 fully saturated rings. The van der Waals surface area contributed by atoms with Crippen molar-refractivity contribution in [2.75, 3.05) is 6.54 Å². The summed E-state index contributed by atoms with van der Waals surface area (Å²) >= 11 is 3.20. The summed E-state index contributed by atoms with van der Waals surface area (Å²) in [5, 5.41) is 3.46. The van der Waals surface area contributed by atoms with E-state index in [1.54, 1.807) is 12.1 Å². The van der Waals surface area contributed by atoms with E-state index in [4.69, 9.17) is 4.42 Å². The van der Waals surface area contributed by atoms with Crippen LogP contribution in [-0.2, 0) is 0 Å². The molecular weight excluding hydrogens is 321 g/mol. The van der Waals surface area contributed by atoms with Gasteiger partial charge in [-0.1, -0.05) is 13.8 Å². The maximum absolute atomic E-state index is 13.3. The van der Waals surface area contributed by atoms with E-state index in [-0.39, 0.29) is 11.9 Å². The van der Waals surface area contributed by atoms with Crippen molar-refractivity contribution in [2.24, 2.45) is 0 Å². The fourth-order valence-electron chi connectivity index (χ4n) is 2.11. The maximum Gasteiger partial charge on any atom is 0.137 e. The highest BCUT2D eigenvalue weighted by atomic mass is 79.9.